The molecule has 1 unspecified atom stereocenters. The van der Waals surface area contributed by atoms with Gasteiger partial charge in [0.05, 0.1) is 6.54 Å². The molecule has 2 amide bonds. The van der Waals surface area contributed by atoms with Crippen molar-refractivity contribution in [2.24, 2.45) is 0 Å². The molecule has 0 heterocycles. The van der Waals surface area contributed by atoms with Gasteiger partial charge in [0.25, 0.3) is 0 Å². The number of nitrogens with one attached hydrogen (secondary N) is 1. The van der Waals surface area contributed by atoms with Crippen LogP contribution in [0.15, 0.2) is 24.3 Å². The van der Waals surface area contributed by atoms with Gasteiger partial charge in [0.1, 0.15) is 12.4 Å². The molecule has 1 aromatic rings. The maximum absolute atomic E-state index is 12.9. The standard InChI is InChI=1S/C24H38F2N2O5/c1-4-14-27-23(31)28(15-8-6-7-13-24(3,25)26)16-17-33-20-11-9-19(10-12-20)18-21(22(29)30)32-5-2/h9-12,21H,4-8,13-18H2,1-3H3,(H,27,31)(H,29,30). The molecule has 1 aromatic carbocycles. The summed E-state index contributed by atoms with van der Waals surface area (Å²) in [6.07, 6.45) is 1.74. The Balaban J connectivity index is 2.52. The molecule has 0 aliphatic heterocycles. The lowest BCUT2D eigenvalue weighted by Gasteiger charge is -2.23. The van der Waals surface area contributed by atoms with E-state index in [9.17, 15) is 23.5 Å². The van der Waals surface area contributed by atoms with Crippen molar-refractivity contribution in [3.05, 3.63) is 29.8 Å². The maximum Gasteiger partial charge on any atom is 0.333 e. The maximum atomic E-state index is 12.9. The van der Waals surface area contributed by atoms with Gasteiger partial charge in [-0.25, -0.2) is 18.4 Å². The Morgan fingerprint density at radius 3 is 2.39 bits per heavy atom. The minimum atomic E-state index is -2.65. The third-order valence-electron chi connectivity index (χ3n) is 4.97. The van der Waals surface area contributed by atoms with Crippen LogP contribution < -0.4 is 10.1 Å². The second kappa shape index (κ2) is 15.4. The van der Waals surface area contributed by atoms with E-state index < -0.39 is 18.0 Å². The lowest BCUT2D eigenvalue weighted by molar-refractivity contribution is -0.149. The van der Waals surface area contributed by atoms with E-state index in [-0.39, 0.29) is 25.5 Å². The molecule has 0 saturated carbocycles. The van der Waals surface area contributed by atoms with E-state index in [1.54, 1.807) is 36.1 Å². The Bertz CT molecular complexity index is 695. The highest BCUT2D eigenvalue weighted by Crippen LogP contribution is 2.20. The Morgan fingerprint density at radius 2 is 1.82 bits per heavy atom. The second-order valence-corrected chi connectivity index (χ2v) is 8.08. The number of hydrogen-bond donors (Lipinski definition) is 2. The van der Waals surface area contributed by atoms with Crippen LogP contribution in [-0.4, -0.2) is 66.9 Å². The summed E-state index contributed by atoms with van der Waals surface area (Å²) in [4.78, 5) is 25.3. The van der Waals surface area contributed by atoms with Crippen molar-refractivity contribution < 1.29 is 33.0 Å². The molecule has 0 bridgehead atoms. The van der Waals surface area contributed by atoms with Crippen molar-refractivity contribution in [2.75, 3.05) is 32.8 Å². The minimum Gasteiger partial charge on any atom is -0.492 e. The molecule has 0 radical (unpaired) electrons. The number of carbonyl (C=O) groups is 2. The number of unbranched alkanes of at least 4 members (excludes halogenated alkanes) is 2. The van der Waals surface area contributed by atoms with Crippen LogP contribution in [0.4, 0.5) is 13.6 Å². The van der Waals surface area contributed by atoms with Gasteiger partial charge >= 0.3 is 12.0 Å². The third-order valence-corrected chi connectivity index (χ3v) is 4.97. The Kier molecular flexibility index (Phi) is 13.4. The molecule has 0 spiro atoms. The lowest BCUT2D eigenvalue weighted by atomic mass is 10.1. The minimum absolute atomic E-state index is 0.147. The van der Waals surface area contributed by atoms with E-state index in [4.69, 9.17) is 9.47 Å². The molecule has 0 fully saturated rings. The van der Waals surface area contributed by atoms with Gasteiger partial charge in [0.15, 0.2) is 6.10 Å². The van der Waals surface area contributed by atoms with Crippen molar-refractivity contribution >= 4 is 12.0 Å². The monoisotopic (exact) mass is 472 g/mol. The molecule has 0 aliphatic carbocycles. The summed E-state index contributed by atoms with van der Waals surface area (Å²) in [5.41, 5.74) is 0.821. The number of alkyl halides is 2. The number of nitrogens with zero attached hydrogens (tertiary/aromatic N) is 1. The number of carbonyl (C=O) groups excluding carboxylic acids is 1. The number of aliphatic carboxylic acids is 1. The largest absolute Gasteiger partial charge is 0.492 e. The SMILES string of the molecule is CCCNC(=O)N(CCCCCC(C)(F)F)CCOc1ccc(CC(OCC)C(=O)O)cc1. The lowest BCUT2D eigenvalue weighted by Crippen LogP contribution is -2.42. The van der Waals surface area contributed by atoms with Crippen molar-refractivity contribution in [1.29, 1.82) is 0 Å². The quantitative estimate of drug-likeness (QED) is 0.320. The van der Waals surface area contributed by atoms with Crippen molar-refractivity contribution in [1.82, 2.24) is 10.2 Å². The molecule has 188 valence electrons. The van der Waals surface area contributed by atoms with E-state index in [1.165, 1.54) is 0 Å². The van der Waals surface area contributed by atoms with Gasteiger partial charge in [-0.3, -0.25) is 0 Å². The van der Waals surface area contributed by atoms with Crippen LogP contribution in [0.2, 0.25) is 0 Å². The fourth-order valence-electron chi connectivity index (χ4n) is 3.20. The number of hydrogen-bond acceptors (Lipinski definition) is 4. The topological polar surface area (TPSA) is 88.1 Å². The van der Waals surface area contributed by atoms with Gasteiger partial charge in [0, 0.05) is 32.5 Å². The van der Waals surface area contributed by atoms with Crippen LogP contribution >= 0.6 is 0 Å². The third kappa shape index (κ3) is 13.0. The van der Waals surface area contributed by atoms with Crippen LogP contribution in [0, 0.1) is 0 Å². The average molecular weight is 473 g/mol. The summed E-state index contributed by atoms with van der Waals surface area (Å²) in [7, 11) is 0. The number of ether oxygens (including phenoxy) is 2. The first-order valence-corrected chi connectivity index (χ1v) is 11.6. The Morgan fingerprint density at radius 1 is 1.12 bits per heavy atom. The number of benzene rings is 1. The molecule has 1 rings (SSSR count). The summed E-state index contributed by atoms with van der Waals surface area (Å²) >= 11 is 0. The summed E-state index contributed by atoms with van der Waals surface area (Å²) in [5.74, 6) is -3.04. The number of halogens is 2. The van der Waals surface area contributed by atoms with Gasteiger partial charge in [-0.1, -0.05) is 25.5 Å². The molecular weight excluding hydrogens is 434 g/mol. The Labute approximate surface area is 195 Å². The van der Waals surface area contributed by atoms with Gasteiger partial charge in [-0.05, 0) is 50.8 Å². The molecule has 0 saturated heterocycles. The first kappa shape index (κ1) is 28.6. The van der Waals surface area contributed by atoms with Crippen LogP contribution in [0.3, 0.4) is 0 Å². The number of amides is 2. The molecule has 33 heavy (non-hydrogen) atoms. The van der Waals surface area contributed by atoms with Crippen molar-refractivity contribution in [2.45, 2.75) is 71.3 Å². The fraction of sp³-hybridized carbons (Fsp3) is 0.667. The average Bonchev–Trinajstić information content (AvgIpc) is 2.76. The summed E-state index contributed by atoms with van der Waals surface area (Å²) in [5, 5.41) is 12.0. The molecule has 0 aromatic heterocycles. The van der Waals surface area contributed by atoms with Gasteiger partial charge in [0.2, 0.25) is 5.92 Å². The predicted molar refractivity (Wildman–Crippen MR) is 123 cm³/mol. The van der Waals surface area contributed by atoms with E-state index in [0.717, 1.165) is 18.9 Å². The first-order chi connectivity index (χ1) is 15.7. The van der Waals surface area contributed by atoms with E-state index in [1.807, 2.05) is 6.92 Å². The predicted octanol–water partition coefficient (Wildman–Crippen LogP) is 4.73. The summed E-state index contributed by atoms with van der Waals surface area (Å²) in [6.45, 7) is 6.66. The first-order valence-electron chi connectivity index (χ1n) is 11.6. The Hall–Kier alpha value is -2.42. The number of rotatable bonds is 17. The molecule has 7 nitrogen and oxygen atoms in total. The highest BCUT2D eigenvalue weighted by Gasteiger charge is 2.20. The van der Waals surface area contributed by atoms with Gasteiger partial charge in [-0.15, -0.1) is 0 Å². The van der Waals surface area contributed by atoms with E-state index >= 15 is 0 Å². The smallest absolute Gasteiger partial charge is 0.333 e. The highest BCUT2D eigenvalue weighted by molar-refractivity contribution is 5.74. The number of carboxylic acids is 1. The molecule has 9 heteroatoms. The highest BCUT2D eigenvalue weighted by atomic mass is 19.3. The van der Waals surface area contributed by atoms with Gasteiger partial charge in [-0.2, -0.15) is 0 Å². The zero-order chi connectivity index (χ0) is 24.7. The summed E-state index contributed by atoms with van der Waals surface area (Å²) in [6, 6.07) is 6.91. The molecule has 1 atom stereocenters. The van der Waals surface area contributed by atoms with Crippen molar-refractivity contribution in [3.8, 4) is 5.75 Å². The summed E-state index contributed by atoms with van der Waals surface area (Å²) < 4.78 is 36.9. The van der Waals surface area contributed by atoms with E-state index in [2.05, 4.69) is 5.32 Å². The van der Waals surface area contributed by atoms with Crippen LogP contribution in [0.5, 0.6) is 5.75 Å². The van der Waals surface area contributed by atoms with Gasteiger partial charge < -0.3 is 24.8 Å². The zero-order valence-electron chi connectivity index (χ0n) is 19.9. The van der Waals surface area contributed by atoms with Crippen LogP contribution in [0.1, 0.15) is 58.4 Å². The van der Waals surface area contributed by atoms with Crippen LogP contribution in [0.25, 0.3) is 0 Å². The van der Waals surface area contributed by atoms with Crippen molar-refractivity contribution in [3.63, 3.8) is 0 Å². The molecule has 0 aliphatic rings. The molecule has 2 N–H and O–H groups in total. The fourth-order valence-corrected chi connectivity index (χ4v) is 3.20. The number of carboxylic acid groups (broad SMARTS) is 1. The number of urea groups is 1. The zero-order valence-corrected chi connectivity index (χ0v) is 19.9. The van der Waals surface area contributed by atoms with E-state index in [0.29, 0.717) is 51.3 Å². The molecular formula is C24H38F2N2O5. The van der Waals surface area contributed by atoms with Crippen LogP contribution in [-0.2, 0) is 16.0 Å². The second-order valence-electron chi connectivity index (χ2n) is 8.08. The normalized spacial score (nSPS) is 12.3.